The molecule has 0 saturated heterocycles. The number of nitrogens with zero attached hydrogens (tertiary/aromatic N) is 1. The third-order valence-corrected chi connectivity index (χ3v) is 2.45. The molecule has 1 heteroatoms. The van der Waals surface area contributed by atoms with Gasteiger partial charge in [-0.05, 0) is 46.1 Å². The maximum atomic E-state index is 4.54. The van der Waals surface area contributed by atoms with E-state index in [0.29, 0.717) is 12.0 Å². The lowest BCUT2D eigenvalue weighted by molar-refractivity contribution is 0.761. The second kappa shape index (κ2) is 5.21. The minimum atomic E-state index is 0.398. The van der Waals surface area contributed by atoms with Crippen molar-refractivity contribution < 1.29 is 0 Å². The molecule has 0 radical (unpaired) electrons. The molecular formula is C12H23N. The van der Waals surface area contributed by atoms with Gasteiger partial charge < -0.3 is 0 Å². The number of rotatable bonds is 3. The zero-order chi connectivity index (χ0) is 10.6. The summed E-state index contributed by atoms with van der Waals surface area (Å²) in [5, 5.41) is 0. The first-order valence-electron chi connectivity index (χ1n) is 5.08. The monoisotopic (exact) mass is 181 g/mol. The summed E-state index contributed by atoms with van der Waals surface area (Å²) in [4.78, 5) is 4.54. The van der Waals surface area contributed by atoms with Gasteiger partial charge in [0.15, 0.2) is 0 Å². The number of aliphatic imine (C=N–C) groups is 1. The van der Waals surface area contributed by atoms with Gasteiger partial charge in [0.05, 0.1) is 0 Å². The van der Waals surface area contributed by atoms with Crippen molar-refractivity contribution in [2.24, 2.45) is 10.9 Å². The minimum absolute atomic E-state index is 0.398. The molecule has 0 aliphatic carbocycles. The van der Waals surface area contributed by atoms with E-state index < -0.39 is 0 Å². The Morgan fingerprint density at radius 3 is 1.69 bits per heavy atom. The van der Waals surface area contributed by atoms with Gasteiger partial charge in [-0.3, -0.25) is 4.99 Å². The van der Waals surface area contributed by atoms with Gasteiger partial charge in [-0.2, -0.15) is 0 Å². The van der Waals surface area contributed by atoms with E-state index in [2.05, 4.69) is 53.5 Å². The van der Waals surface area contributed by atoms with Crippen LogP contribution < -0.4 is 0 Å². The van der Waals surface area contributed by atoms with E-state index in [1.807, 2.05) is 0 Å². The number of hydrogen-bond donors (Lipinski definition) is 0. The van der Waals surface area contributed by atoms with Gasteiger partial charge in [-0.1, -0.05) is 19.4 Å². The lowest BCUT2D eigenvalue weighted by atomic mass is 9.97. The van der Waals surface area contributed by atoms with Crippen LogP contribution in [0, 0.1) is 5.92 Å². The SMILES string of the molecule is CC(=NC(C)C)/C(C)=C(\C)C(C)C. The Balaban J connectivity index is 4.77. The third-order valence-electron chi connectivity index (χ3n) is 2.45. The fourth-order valence-electron chi connectivity index (χ4n) is 1.20. The van der Waals surface area contributed by atoms with Crippen LogP contribution in [0.15, 0.2) is 16.1 Å². The molecule has 1 nitrogen and oxygen atoms in total. The Labute approximate surface area is 83.0 Å². The number of hydrogen-bond acceptors (Lipinski definition) is 1. The fourth-order valence-corrected chi connectivity index (χ4v) is 1.20. The lowest BCUT2D eigenvalue weighted by Crippen LogP contribution is -2.04. The Bertz CT molecular complexity index is 219. The summed E-state index contributed by atoms with van der Waals surface area (Å²) in [6, 6.07) is 0.398. The van der Waals surface area contributed by atoms with Crippen LogP contribution in [0.4, 0.5) is 0 Å². The molecule has 0 aromatic rings. The predicted octanol–water partition coefficient (Wildman–Crippen LogP) is 3.85. The first-order chi connectivity index (χ1) is 5.86. The van der Waals surface area contributed by atoms with Crippen LogP contribution in [0.1, 0.15) is 48.5 Å². The Morgan fingerprint density at radius 1 is 0.923 bits per heavy atom. The highest BCUT2D eigenvalue weighted by molar-refractivity contribution is 5.98. The molecule has 0 aromatic heterocycles. The first kappa shape index (κ1) is 12.4. The summed E-state index contributed by atoms with van der Waals surface area (Å²) >= 11 is 0. The molecule has 13 heavy (non-hydrogen) atoms. The number of allylic oxidation sites excluding steroid dienone is 2. The maximum Gasteiger partial charge on any atom is 0.0446 e. The van der Waals surface area contributed by atoms with Gasteiger partial charge in [0, 0.05) is 11.8 Å². The molecular weight excluding hydrogens is 158 g/mol. The van der Waals surface area contributed by atoms with Crippen LogP contribution in [0.3, 0.4) is 0 Å². The largest absolute Gasteiger partial charge is 0.287 e. The lowest BCUT2D eigenvalue weighted by Gasteiger charge is -2.11. The van der Waals surface area contributed by atoms with Gasteiger partial charge in [0.1, 0.15) is 0 Å². The van der Waals surface area contributed by atoms with Gasteiger partial charge >= 0.3 is 0 Å². The van der Waals surface area contributed by atoms with Crippen molar-refractivity contribution in [3.05, 3.63) is 11.1 Å². The molecule has 0 rings (SSSR count). The molecule has 0 unspecified atom stereocenters. The van der Waals surface area contributed by atoms with Crippen molar-refractivity contribution >= 4 is 5.71 Å². The zero-order valence-corrected chi connectivity index (χ0v) is 10.1. The molecule has 76 valence electrons. The second-order valence-electron chi connectivity index (χ2n) is 4.27. The van der Waals surface area contributed by atoms with Gasteiger partial charge in [-0.25, -0.2) is 0 Å². The predicted molar refractivity (Wildman–Crippen MR) is 61.5 cm³/mol. The van der Waals surface area contributed by atoms with Gasteiger partial charge in [0.2, 0.25) is 0 Å². The standard InChI is InChI=1S/C12H23N/c1-8(2)10(5)11(6)12(7)13-9(3)4/h8-9H,1-7H3/b11-10+,13-12?. The van der Waals surface area contributed by atoms with Gasteiger partial charge in [-0.15, -0.1) is 0 Å². The molecule has 0 saturated carbocycles. The highest BCUT2D eigenvalue weighted by Crippen LogP contribution is 2.15. The van der Waals surface area contributed by atoms with Crippen LogP contribution >= 0.6 is 0 Å². The molecule has 0 spiro atoms. The Kier molecular flexibility index (Phi) is 4.97. The summed E-state index contributed by atoms with van der Waals surface area (Å²) in [5.74, 6) is 0.623. The molecule has 0 aromatic carbocycles. The zero-order valence-electron chi connectivity index (χ0n) is 10.1. The van der Waals surface area contributed by atoms with E-state index in [9.17, 15) is 0 Å². The third kappa shape index (κ3) is 4.25. The molecule has 0 aliphatic rings. The molecule has 0 aliphatic heterocycles. The topological polar surface area (TPSA) is 12.4 Å². The molecule has 0 fully saturated rings. The van der Waals surface area contributed by atoms with E-state index in [1.54, 1.807) is 0 Å². The van der Waals surface area contributed by atoms with E-state index in [1.165, 1.54) is 16.9 Å². The van der Waals surface area contributed by atoms with Crippen LogP contribution in [0.5, 0.6) is 0 Å². The van der Waals surface area contributed by atoms with Crippen LogP contribution in [-0.4, -0.2) is 11.8 Å². The molecule has 0 bridgehead atoms. The Hall–Kier alpha value is -0.590. The van der Waals surface area contributed by atoms with Gasteiger partial charge in [0.25, 0.3) is 0 Å². The van der Waals surface area contributed by atoms with Crippen molar-refractivity contribution in [2.45, 2.75) is 54.5 Å². The highest BCUT2D eigenvalue weighted by Gasteiger charge is 2.04. The summed E-state index contributed by atoms with van der Waals surface area (Å²) in [5.41, 5.74) is 3.98. The quantitative estimate of drug-likeness (QED) is 0.586. The van der Waals surface area contributed by atoms with E-state index in [0.717, 1.165) is 0 Å². The molecule has 0 heterocycles. The second-order valence-corrected chi connectivity index (χ2v) is 4.27. The molecule has 0 amide bonds. The van der Waals surface area contributed by atoms with Crippen molar-refractivity contribution in [3.63, 3.8) is 0 Å². The first-order valence-corrected chi connectivity index (χ1v) is 5.08. The van der Waals surface area contributed by atoms with Crippen LogP contribution in [0.2, 0.25) is 0 Å². The summed E-state index contributed by atoms with van der Waals surface area (Å²) in [6.07, 6.45) is 0. The van der Waals surface area contributed by atoms with Crippen molar-refractivity contribution in [1.82, 2.24) is 0 Å². The Morgan fingerprint density at radius 2 is 1.38 bits per heavy atom. The van der Waals surface area contributed by atoms with Crippen molar-refractivity contribution in [3.8, 4) is 0 Å². The summed E-state index contributed by atoms with van der Waals surface area (Å²) < 4.78 is 0. The van der Waals surface area contributed by atoms with E-state index in [-0.39, 0.29) is 0 Å². The molecule has 0 N–H and O–H groups in total. The smallest absolute Gasteiger partial charge is 0.0446 e. The average molecular weight is 181 g/mol. The molecule has 0 atom stereocenters. The van der Waals surface area contributed by atoms with E-state index >= 15 is 0 Å². The minimum Gasteiger partial charge on any atom is -0.287 e. The highest BCUT2D eigenvalue weighted by atomic mass is 14.8. The summed E-state index contributed by atoms with van der Waals surface area (Å²) in [7, 11) is 0. The summed E-state index contributed by atoms with van der Waals surface area (Å²) in [6.45, 7) is 15.1. The average Bonchev–Trinajstić information content (AvgIpc) is 2.00. The van der Waals surface area contributed by atoms with Crippen molar-refractivity contribution in [1.29, 1.82) is 0 Å². The normalized spacial score (nSPS) is 15.3. The fraction of sp³-hybridized carbons (Fsp3) is 0.750. The van der Waals surface area contributed by atoms with Crippen LogP contribution in [-0.2, 0) is 0 Å². The van der Waals surface area contributed by atoms with Crippen LogP contribution in [0.25, 0.3) is 0 Å². The van der Waals surface area contributed by atoms with Crippen molar-refractivity contribution in [2.75, 3.05) is 0 Å². The van der Waals surface area contributed by atoms with E-state index in [4.69, 9.17) is 0 Å². The maximum absolute atomic E-state index is 4.54.